The number of aromatic nitrogens is 3. The quantitative estimate of drug-likeness (QED) is 0.320. The van der Waals surface area contributed by atoms with Crippen molar-refractivity contribution in [2.45, 2.75) is 49.5 Å². The molecule has 0 spiro atoms. The predicted octanol–water partition coefficient (Wildman–Crippen LogP) is 1.97. The third kappa shape index (κ3) is 6.38. The maximum absolute atomic E-state index is 14.5. The first-order chi connectivity index (χ1) is 21.3. The van der Waals surface area contributed by atoms with Gasteiger partial charge in [0.15, 0.2) is 23.6 Å². The van der Waals surface area contributed by atoms with Crippen LogP contribution in [-0.4, -0.2) is 110 Å². The van der Waals surface area contributed by atoms with E-state index in [2.05, 4.69) is 10.3 Å². The summed E-state index contributed by atoms with van der Waals surface area (Å²) in [5, 5.41) is 40.5. The third-order valence-corrected chi connectivity index (χ3v) is 8.31. The lowest BCUT2D eigenvalue weighted by atomic mass is 9.91. The van der Waals surface area contributed by atoms with E-state index in [0.29, 0.717) is 0 Å². The van der Waals surface area contributed by atoms with Crippen LogP contribution in [0.4, 0.5) is 18.9 Å². The van der Waals surface area contributed by atoms with Crippen molar-refractivity contribution >= 4 is 40.7 Å². The number of methoxy groups -OCH3 is 1. The molecule has 3 N–H and O–H groups in total. The number of benzene rings is 2. The van der Waals surface area contributed by atoms with Gasteiger partial charge in [0.2, 0.25) is 5.91 Å². The summed E-state index contributed by atoms with van der Waals surface area (Å²) in [5.74, 6) is -5.70. The minimum Gasteiger partial charge on any atom is -0.394 e. The van der Waals surface area contributed by atoms with E-state index < -0.39 is 72.6 Å². The average Bonchev–Trinajstić information content (AvgIpc) is 3.62. The number of aliphatic hydroxyl groups excluding tert-OH is 3. The molecule has 0 aliphatic carbocycles. The first kappa shape index (κ1) is 33.1. The topological polar surface area (TPSA) is 150 Å². The molecule has 2 aromatic carbocycles. The van der Waals surface area contributed by atoms with Crippen LogP contribution in [0.15, 0.2) is 36.5 Å². The SMILES string of the molecule is COC1C(C(=O)N(c2cc(Cl)cc(Cl)c2)[C@@H]2CN(C(C)=O)C[C@H]2O)OC(CO)C(O)C1n1cc(-c2cc(F)c(F)c(F)c2)nn1. The molecular formula is C28H28Cl2F3N5O7. The number of amides is 2. The van der Waals surface area contributed by atoms with Gasteiger partial charge in [0.25, 0.3) is 5.91 Å². The summed E-state index contributed by atoms with van der Waals surface area (Å²) >= 11 is 12.5. The number of anilines is 1. The van der Waals surface area contributed by atoms with E-state index in [9.17, 15) is 38.1 Å². The Morgan fingerprint density at radius 3 is 2.29 bits per heavy atom. The zero-order chi connectivity index (χ0) is 32.7. The van der Waals surface area contributed by atoms with E-state index in [0.717, 1.165) is 16.8 Å². The minimum atomic E-state index is -1.66. The lowest BCUT2D eigenvalue weighted by Gasteiger charge is -2.45. The maximum Gasteiger partial charge on any atom is 0.259 e. The van der Waals surface area contributed by atoms with Crippen LogP contribution in [0.1, 0.15) is 13.0 Å². The molecule has 242 valence electrons. The normalized spacial score (nSPS) is 26.7. The Hall–Kier alpha value is -3.31. The molecule has 7 atom stereocenters. The Labute approximate surface area is 264 Å². The van der Waals surface area contributed by atoms with Gasteiger partial charge in [-0.15, -0.1) is 5.10 Å². The van der Waals surface area contributed by atoms with E-state index in [-0.39, 0.29) is 46.0 Å². The molecule has 2 amide bonds. The van der Waals surface area contributed by atoms with Crippen molar-refractivity contribution in [3.63, 3.8) is 0 Å². The highest BCUT2D eigenvalue weighted by atomic mass is 35.5. The molecule has 2 fully saturated rings. The summed E-state index contributed by atoms with van der Waals surface area (Å²) in [7, 11) is 1.23. The molecule has 0 radical (unpaired) electrons. The number of aliphatic hydroxyl groups is 3. The summed E-state index contributed by atoms with van der Waals surface area (Å²) < 4.78 is 54.0. The van der Waals surface area contributed by atoms with Gasteiger partial charge in [-0.1, -0.05) is 28.4 Å². The van der Waals surface area contributed by atoms with Gasteiger partial charge in [-0.2, -0.15) is 0 Å². The average molecular weight is 674 g/mol. The Balaban J connectivity index is 1.56. The summed E-state index contributed by atoms with van der Waals surface area (Å²) in [6.07, 6.45) is -5.79. The fourth-order valence-corrected chi connectivity index (χ4v) is 6.21. The number of hydrogen-bond donors (Lipinski definition) is 3. The molecule has 2 saturated heterocycles. The van der Waals surface area contributed by atoms with Gasteiger partial charge in [-0.25, -0.2) is 17.9 Å². The number of rotatable bonds is 7. The van der Waals surface area contributed by atoms with Gasteiger partial charge < -0.3 is 34.6 Å². The maximum atomic E-state index is 14.5. The number of likely N-dealkylation sites (tertiary alicyclic amines) is 1. The van der Waals surface area contributed by atoms with Gasteiger partial charge in [-0.3, -0.25) is 9.59 Å². The second-order valence-corrected chi connectivity index (χ2v) is 11.6. The number of carbonyl (C=O) groups is 2. The van der Waals surface area contributed by atoms with Crippen LogP contribution in [0.25, 0.3) is 11.3 Å². The van der Waals surface area contributed by atoms with Gasteiger partial charge in [0, 0.05) is 48.4 Å². The molecule has 2 aliphatic heterocycles. The fourth-order valence-electron chi connectivity index (χ4n) is 5.70. The van der Waals surface area contributed by atoms with Crippen molar-refractivity contribution in [2.24, 2.45) is 0 Å². The van der Waals surface area contributed by atoms with E-state index in [1.807, 2.05) is 0 Å². The van der Waals surface area contributed by atoms with Crippen molar-refractivity contribution in [2.75, 3.05) is 31.7 Å². The minimum absolute atomic E-state index is 0.0521. The number of ether oxygens (including phenoxy) is 2. The van der Waals surface area contributed by atoms with Gasteiger partial charge in [0.1, 0.15) is 30.0 Å². The molecule has 12 nitrogen and oxygen atoms in total. The Morgan fingerprint density at radius 2 is 1.73 bits per heavy atom. The third-order valence-electron chi connectivity index (χ3n) is 7.88. The Morgan fingerprint density at radius 1 is 1.09 bits per heavy atom. The fraction of sp³-hybridized carbons (Fsp3) is 0.429. The van der Waals surface area contributed by atoms with Crippen molar-refractivity contribution in [3.05, 3.63) is 64.0 Å². The Bertz CT molecular complexity index is 1560. The molecule has 5 unspecified atom stereocenters. The van der Waals surface area contributed by atoms with E-state index in [1.165, 1.54) is 48.2 Å². The molecular weight excluding hydrogens is 646 g/mol. The van der Waals surface area contributed by atoms with Crippen LogP contribution in [-0.2, 0) is 19.1 Å². The molecule has 0 bridgehead atoms. The zero-order valence-corrected chi connectivity index (χ0v) is 25.2. The lowest BCUT2D eigenvalue weighted by Crippen LogP contribution is -2.63. The second kappa shape index (κ2) is 13.2. The second-order valence-electron chi connectivity index (χ2n) is 10.7. The smallest absolute Gasteiger partial charge is 0.259 e. The predicted molar refractivity (Wildman–Crippen MR) is 153 cm³/mol. The monoisotopic (exact) mass is 673 g/mol. The number of halogens is 5. The van der Waals surface area contributed by atoms with E-state index in [4.69, 9.17) is 32.7 Å². The zero-order valence-electron chi connectivity index (χ0n) is 23.7. The van der Waals surface area contributed by atoms with Crippen LogP contribution < -0.4 is 4.90 Å². The lowest BCUT2D eigenvalue weighted by molar-refractivity contribution is -0.211. The largest absolute Gasteiger partial charge is 0.394 e. The number of carbonyl (C=O) groups excluding carboxylic acids is 2. The molecule has 5 rings (SSSR count). The van der Waals surface area contributed by atoms with Crippen molar-refractivity contribution in [1.29, 1.82) is 0 Å². The summed E-state index contributed by atoms with van der Waals surface area (Å²) in [5.41, 5.74) is -0.0934. The molecule has 0 saturated carbocycles. The summed E-state index contributed by atoms with van der Waals surface area (Å²) in [4.78, 5) is 29.2. The van der Waals surface area contributed by atoms with Gasteiger partial charge in [-0.05, 0) is 30.3 Å². The molecule has 45 heavy (non-hydrogen) atoms. The first-order valence-corrected chi connectivity index (χ1v) is 14.4. The molecule has 2 aliphatic rings. The van der Waals surface area contributed by atoms with Crippen LogP contribution in [0, 0.1) is 17.5 Å². The molecule has 17 heteroatoms. The standard InChI is InChI=1S/C28H28Cl2F3N5O7/c1-12(40)36-9-20(21(41)10-36)38(16-6-14(29)5-15(30)7-16)28(43)27-26(44-2)24(25(42)22(11-39)45-27)37-8-19(34-35-37)13-3-17(31)23(33)18(32)4-13/h3-8,20-22,24-27,39,41-42H,9-11H2,1-2H3/t20-,21-,22?,24?,25?,26?,27?/m1/s1. The van der Waals surface area contributed by atoms with E-state index >= 15 is 0 Å². The van der Waals surface area contributed by atoms with Gasteiger partial charge in [0.05, 0.1) is 24.9 Å². The number of β-amino-alcohol motifs (C(OH)–C–C–N with tert-alkyl or cyclic N) is 1. The highest BCUT2D eigenvalue weighted by molar-refractivity contribution is 6.35. The van der Waals surface area contributed by atoms with Crippen LogP contribution in [0.2, 0.25) is 10.0 Å². The molecule has 1 aromatic heterocycles. The van der Waals surface area contributed by atoms with Gasteiger partial charge >= 0.3 is 0 Å². The first-order valence-electron chi connectivity index (χ1n) is 13.6. The van der Waals surface area contributed by atoms with E-state index in [1.54, 1.807) is 0 Å². The summed E-state index contributed by atoms with van der Waals surface area (Å²) in [6.45, 7) is 0.455. The highest BCUT2D eigenvalue weighted by Gasteiger charge is 2.52. The molecule has 3 aromatic rings. The van der Waals surface area contributed by atoms with Crippen LogP contribution in [0.5, 0.6) is 0 Å². The summed E-state index contributed by atoms with van der Waals surface area (Å²) in [6, 6.07) is 3.48. The number of hydrogen-bond acceptors (Lipinski definition) is 9. The number of nitrogens with zero attached hydrogens (tertiary/aromatic N) is 5. The van der Waals surface area contributed by atoms with Crippen molar-refractivity contribution in [3.8, 4) is 11.3 Å². The Kier molecular flexibility index (Phi) is 9.70. The highest BCUT2D eigenvalue weighted by Crippen LogP contribution is 2.37. The van der Waals surface area contributed by atoms with Crippen molar-refractivity contribution < 1.29 is 47.6 Å². The van der Waals surface area contributed by atoms with Crippen molar-refractivity contribution in [1.82, 2.24) is 19.9 Å². The van der Waals surface area contributed by atoms with Crippen LogP contribution in [0.3, 0.4) is 0 Å². The van der Waals surface area contributed by atoms with Crippen LogP contribution >= 0.6 is 23.2 Å². The molecule has 3 heterocycles.